The number of halogens is 1. The first kappa shape index (κ1) is 8.39. The summed E-state index contributed by atoms with van der Waals surface area (Å²) in [5.41, 5.74) is -0.249. The molecule has 1 rings (SSSR count). The van der Waals surface area contributed by atoms with E-state index in [0.717, 1.165) is 0 Å². The van der Waals surface area contributed by atoms with Crippen LogP contribution in [0.5, 0.6) is 0 Å². The molecule has 0 saturated heterocycles. The monoisotopic (exact) mass is 167 g/mol. The number of hydrogen-bond acceptors (Lipinski definition) is 2. The molecule has 0 aliphatic heterocycles. The van der Waals surface area contributed by atoms with Gasteiger partial charge in [0.25, 0.3) is 0 Å². The summed E-state index contributed by atoms with van der Waals surface area (Å²) in [6.45, 7) is 0. The second-order valence-electron chi connectivity index (χ2n) is 2.12. The molecule has 0 unspecified atom stereocenters. The first-order valence-electron chi connectivity index (χ1n) is 3.26. The summed E-state index contributed by atoms with van der Waals surface area (Å²) in [5.74, 6) is 0. The Kier molecular flexibility index (Phi) is 2.53. The molecule has 0 heterocycles. The first-order chi connectivity index (χ1) is 5.75. The Labute approximate surface area is 68.3 Å². The molecule has 0 atom stereocenters. The topological polar surface area (TPSA) is 43.1 Å². The summed E-state index contributed by atoms with van der Waals surface area (Å²) < 4.78 is 12.0. The van der Waals surface area contributed by atoms with Gasteiger partial charge < -0.3 is 0 Å². The molecular formula is C8H6FNO2. The fraction of sp³-hybridized carbons (Fsp3) is 0. The van der Waals surface area contributed by atoms with Gasteiger partial charge in [-0.1, -0.05) is 18.2 Å². The smallest absolute Gasteiger partial charge is 0.258 e. The molecule has 0 saturated carbocycles. The second-order valence-corrected chi connectivity index (χ2v) is 2.12. The first-order valence-corrected chi connectivity index (χ1v) is 3.26. The van der Waals surface area contributed by atoms with Crippen LogP contribution in [0, 0.1) is 10.1 Å². The highest BCUT2D eigenvalue weighted by Gasteiger charge is 2.12. The van der Waals surface area contributed by atoms with Crippen molar-refractivity contribution >= 4 is 5.70 Å². The number of hydrogen-bond donors (Lipinski definition) is 0. The zero-order valence-electron chi connectivity index (χ0n) is 6.11. The van der Waals surface area contributed by atoms with E-state index in [1.807, 2.05) is 0 Å². The summed E-state index contributed by atoms with van der Waals surface area (Å²) in [5, 5.41) is 10.2. The molecule has 62 valence electrons. The van der Waals surface area contributed by atoms with Crippen LogP contribution in [0.2, 0.25) is 0 Å². The molecule has 0 N–H and O–H groups in total. The molecule has 0 fully saturated rings. The van der Waals surface area contributed by atoms with Gasteiger partial charge in [0.15, 0.2) is 6.33 Å². The van der Waals surface area contributed by atoms with Gasteiger partial charge in [-0.05, 0) is 12.1 Å². The maximum absolute atomic E-state index is 12.0. The predicted molar refractivity (Wildman–Crippen MR) is 42.5 cm³/mol. The zero-order chi connectivity index (χ0) is 8.97. The minimum Gasteiger partial charge on any atom is -0.258 e. The summed E-state index contributed by atoms with van der Waals surface area (Å²) in [6.07, 6.45) is -0.00463. The second kappa shape index (κ2) is 3.61. The zero-order valence-corrected chi connectivity index (χ0v) is 6.11. The molecular weight excluding hydrogens is 161 g/mol. The molecule has 0 bridgehead atoms. The predicted octanol–water partition coefficient (Wildman–Crippen LogP) is 2.23. The maximum Gasteiger partial charge on any atom is 0.304 e. The Hall–Kier alpha value is -1.71. The van der Waals surface area contributed by atoms with Crippen LogP contribution in [0.4, 0.5) is 4.39 Å². The molecule has 0 amide bonds. The Balaban J connectivity index is 3.05. The Bertz CT molecular complexity index is 308. The summed E-state index contributed by atoms with van der Waals surface area (Å²) in [6, 6.07) is 7.90. The van der Waals surface area contributed by atoms with Crippen LogP contribution in [0.15, 0.2) is 36.7 Å². The average Bonchev–Trinajstić information content (AvgIpc) is 2.07. The normalized spacial score (nSPS) is 11.2. The van der Waals surface area contributed by atoms with Crippen molar-refractivity contribution in [3.8, 4) is 0 Å². The molecule has 1 aromatic rings. The molecule has 0 spiro atoms. The third-order valence-corrected chi connectivity index (χ3v) is 1.37. The Morgan fingerprint density at radius 2 is 2.00 bits per heavy atom. The summed E-state index contributed by atoms with van der Waals surface area (Å²) in [4.78, 5) is 9.47. The van der Waals surface area contributed by atoms with Gasteiger partial charge in [0.05, 0.1) is 10.5 Å². The SMILES string of the molecule is O=[N+]([O-])/C(=C/F)c1ccccc1. The van der Waals surface area contributed by atoms with Gasteiger partial charge in [-0.25, -0.2) is 4.39 Å². The molecule has 12 heavy (non-hydrogen) atoms. The molecule has 0 radical (unpaired) electrons. The van der Waals surface area contributed by atoms with E-state index in [9.17, 15) is 14.5 Å². The minimum atomic E-state index is -0.755. The van der Waals surface area contributed by atoms with E-state index in [1.165, 1.54) is 12.1 Å². The van der Waals surface area contributed by atoms with Crippen LogP contribution in [-0.2, 0) is 0 Å². The summed E-state index contributed by atoms with van der Waals surface area (Å²) >= 11 is 0. The fourth-order valence-electron chi connectivity index (χ4n) is 0.817. The lowest BCUT2D eigenvalue weighted by Crippen LogP contribution is -1.96. The van der Waals surface area contributed by atoms with Crippen molar-refractivity contribution < 1.29 is 9.31 Å². The van der Waals surface area contributed by atoms with Gasteiger partial charge in [0, 0.05) is 0 Å². The Morgan fingerprint density at radius 3 is 2.42 bits per heavy atom. The van der Waals surface area contributed by atoms with Gasteiger partial charge in [-0.15, -0.1) is 0 Å². The van der Waals surface area contributed by atoms with Crippen molar-refractivity contribution in [1.29, 1.82) is 0 Å². The van der Waals surface area contributed by atoms with Crippen LogP contribution in [0.25, 0.3) is 5.70 Å². The standard InChI is InChI=1S/C8H6FNO2/c9-6-8(10(11)12)7-4-2-1-3-5-7/h1-6H/b8-6+. The lowest BCUT2D eigenvalue weighted by Gasteiger charge is -1.94. The highest BCUT2D eigenvalue weighted by Crippen LogP contribution is 2.13. The van der Waals surface area contributed by atoms with Crippen LogP contribution in [0.1, 0.15) is 5.56 Å². The van der Waals surface area contributed by atoms with Gasteiger partial charge in [-0.2, -0.15) is 0 Å². The molecule has 0 aliphatic carbocycles. The van der Waals surface area contributed by atoms with Crippen molar-refractivity contribution in [3.05, 3.63) is 52.3 Å². The fourth-order valence-corrected chi connectivity index (χ4v) is 0.817. The third-order valence-electron chi connectivity index (χ3n) is 1.37. The number of nitro groups is 1. The van der Waals surface area contributed by atoms with Crippen molar-refractivity contribution in [2.45, 2.75) is 0 Å². The molecule has 0 aliphatic rings. The van der Waals surface area contributed by atoms with Gasteiger partial charge >= 0.3 is 5.70 Å². The van der Waals surface area contributed by atoms with Crippen molar-refractivity contribution in [2.75, 3.05) is 0 Å². The van der Waals surface area contributed by atoms with E-state index in [1.54, 1.807) is 18.2 Å². The van der Waals surface area contributed by atoms with Crippen LogP contribution >= 0.6 is 0 Å². The lowest BCUT2D eigenvalue weighted by atomic mass is 10.2. The van der Waals surface area contributed by atoms with Crippen LogP contribution in [-0.4, -0.2) is 4.92 Å². The maximum atomic E-state index is 12.0. The van der Waals surface area contributed by atoms with Crippen molar-refractivity contribution in [3.63, 3.8) is 0 Å². The van der Waals surface area contributed by atoms with E-state index < -0.39 is 10.6 Å². The lowest BCUT2D eigenvalue weighted by molar-refractivity contribution is -0.376. The van der Waals surface area contributed by atoms with E-state index in [-0.39, 0.29) is 11.9 Å². The van der Waals surface area contributed by atoms with Gasteiger partial charge in [-0.3, -0.25) is 10.1 Å². The number of nitrogens with zero attached hydrogens (tertiary/aromatic N) is 1. The molecule has 4 heteroatoms. The third kappa shape index (κ3) is 1.66. The van der Waals surface area contributed by atoms with Crippen LogP contribution < -0.4 is 0 Å². The van der Waals surface area contributed by atoms with E-state index >= 15 is 0 Å². The quantitative estimate of drug-likeness (QED) is 0.500. The van der Waals surface area contributed by atoms with E-state index in [0.29, 0.717) is 0 Å². The average molecular weight is 167 g/mol. The number of benzene rings is 1. The minimum absolute atomic E-state index is 0.00463. The molecule has 3 nitrogen and oxygen atoms in total. The van der Waals surface area contributed by atoms with Crippen molar-refractivity contribution in [2.24, 2.45) is 0 Å². The number of rotatable bonds is 2. The van der Waals surface area contributed by atoms with E-state index in [2.05, 4.69) is 0 Å². The van der Waals surface area contributed by atoms with Crippen LogP contribution in [0.3, 0.4) is 0 Å². The van der Waals surface area contributed by atoms with Gasteiger partial charge in [0.2, 0.25) is 0 Å². The van der Waals surface area contributed by atoms with E-state index in [4.69, 9.17) is 0 Å². The highest BCUT2D eigenvalue weighted by atomic mass is 19.1. The van der Waals surface area contributed by atoms with Crippen molar-refractivity contribution in [1.82, 2.24) is 0 Å². The highest BCUT2D eigenvalue weighted by molar-refractivity contribution is 5.56. The summed E-state index contributed by atoms with van der Waals surface area (Å²) in [7, 11) is 0. The largest absolute Gasteiger partial charge is 0.304 e. The van der Waals surface area contributed by atoms with Gasteiger partial charge in [0.1, 0.15) is 0 Å². The Morgan fingerprint density at radius 1 is 1.42 bits per heavy atom. The molecule has 0 aromatic heterocycles. The molecule has 1 aromatic carbocycles.